The van der Waals surface area contributed by atoms with Gasteiger partial charge < -0.3 is 15.0 Å². The molecule has 2 aromatic rings. The molecule has 0 aliphatic carbocycles. The fraction of sp³-hybridized carbons (Fsp3) is 0.467. The topological polar surface area (TPSA) is 58.4 Å². The number of aryl methyl sites for hydroxylation is 1. The predicted octanol–water partition coefficient (Wildman–Crippen LogP) is 1.40. The van der Waals surface area contributed by atoms with Crippen molar-refractivity contribution in [1.82, 2.24) is 20.0 Å². The molecular formula is C15H20N4O. The number of carbonyl (C=O) groups is 1. The number of nitrogens with zero attached hydrogens (tertiary/aromatic N) is 2. The molecule has 1 atom stereocenters. The van der Waals surface area contributed by atoms with Gasteiger partial charge in [0.25, 0.3) is 0 Å². The lowest BCUT2D eigenvalue weighted by Crippen LogP contribution is -2.46. The first-order valence-corrected chi connectivity index (χ1v) is 7.18. The second-order valence-electron chi connectivity index (χ2n) is 5.37. The van der Waals surface area contributed by atoms with Gasteiger partial charge in [0.15, 0.2) is 0 Å². The first-order chi connectivity index (χ1) is 9.74. The average molecular weight is 272 g/mol. The molecule has 1 fully saturated rings. The summed E-state index contributed by atoms with van der Waals surface area (Å²) >= 11 is 0. The van der Waals surface area contributed by atoms with Crippen LogP contribution in [0.1, 0.15) is 30.5 Å². The molecule has 1 aliphatic rings. The van der Waals surface area contributed by atoms with E-state index in [2.05, 4.69) is 15.6 Å². The Balaban J connectivity index is 1.64. The van der Waals surface area contributed by atoms with Crippen molar-refractivity contribution in [3.05, 3.63) is 35.8 Å². The molecule has 106 valence electrons. The van der Waals surface area contributed by atoms with Gasteiger partial charge in [-0.1, -0.05) is 12.5 Å². The van der Waals surface area contributed by atoms with Gasteiger partial charge in [-0.3, -0.25) is 4.79 Å². The molecule has 0 saturated carbocycles. The normalized spacial score (nSPS) is 19.1. The molecule has 0 bridgehead atoms. The Morgan fingerprint density at radius 2 is 2.45 bits per heavy atom. The zero-order chi connectivity index (χ0) is 13.9. The van der Waals surface area contributed by atoms with E-state index in [0.29, 0.717) is 6.54 Å². The third-order valence-corrected chi connectivity index (χ3v) is 3.80. The van der Waals surface area contributed by atoms with Crippen LogP contribution in [0.25, 0.3) is 5.65 Å². The van der Waals surface area contributed by atoms with E-state index in [-0.39, 0.29) is 11.9 Å². The number of pyridine rings is 1. The van der Waals surface area contributed by atoms with E-state index in [4.69, 9.17) is 0 Å². The summed E-state index contributed by atoms with van der Waals surface area (Å²) in [5, 5.41) is 6.22. The number of carbonyl (C=O) groups excluding carboxylic acids is 1. The molecule has 1 saturated heterocycles. The third kappa shape index (κ3) is 2.67. The Bertz CT molecular complexity index is 613. The minimum Gasteiger partial charge on any atom is -0.349 e. The maximum Gasteiger partial charge on any atom is 0.237 e. The van der Waals surface area contributed by atoms with Crippen molar-refractivity contribution in [1.29, 1.82) is 0 Å². The lowest BCUT2D eigenvalue weighted by Gasteiger charge is -2.22. The number of nitrogens with one attached hydrogen (secondary N) is 2. The lowest BCUT2D eigenvalue weighted by atomic mass is 10.0. The largest absolute Gasteiger partial charge is 0.349 e. The zero-order valence-corrected chi connectivity index (χ0v) is 11.7. The summed E-state index contributed by atoms with van der Waals surface area (Å²) < 4.78 is 2.00. The summed E-state index contributed by atoms with van der Waals surface area (Å²) in [5.74, 6) is 0.0819. The van der Waals surface area contributed by atoms with E-state index >= 15 is 0 Å². The number of hydrogen-bond acceptors (Lipinski definition) is 3. The van der Waals surface area contributed by atoms with E-state index in [1.54, 1.807) is 0 Å². The Morgan fingerprint density at radius 1 is 1.55 bits per heavy atom. The van der Waals surface area contributed by atoms with Gasteiger partial charge in [0.05, 0.1) is 18.3 Å². The van der Waals surface area contributed by atoms with E-state index in [9.17, 15) is 4.79 Å². The number of fused-ring (bicyclic) bond motifs is 1. The maximum absolute atomic E-state index is 12.0. The molecule has 5 nitrogen and oxygen atoms in total. The zero-order valence-electron chi connectivity index (χ0n) is 11.7. The molecule has 0 radical (unpaired) electrons. The van der Waals surface area contributed by atoms with Crippen LogP contribution in [-0.2, 0) is 11.3 Å². The van der Waals surface area contributed by atoms with E-state index < -0.39 is 0 Å². The predicted molar refractivity (Wildman–Crippen MR) is 77.4 cm³/mol. The Labute approximate surface area is 118 Å². The van der Waals surface area contributed by atoms with Gasteiger partial charge >= 0.3 is 0 Å². The number of amides is 1. The van der Waals surface area contributed by atoms with Crippen molar-refractivity contribution in [2.75, 3.05) is 6.54 Å². The van der Waals surface area contributed by atoms with Crippen molar-refractivity contribution in [2.45, 2.75) is 38.8 Å². The summed E-state index contributed by atoms with van der Waals surface area (Å²) in [5.41, 5.74) is 2.98. The quantitative estimate of drug-likeness (QED) is 0.888. The smallest absolute Gasteiger partial charge is 0.237 e. The first-order valence-electron chi connectivity index (χ1n) is 7.18. The highest BCUT2D eigenvalue weighted by molar-refractivity contribution is 5.81. The van der Waals surface area contributed by atoms with Crippen LogP contribution in [0.5, 0.6) is 0 Å². The summed E-state index contributed by atoms with van der Waals surface area (Å²) in [6.45, 7) is 3.46. The monoisotopic (exact) mass is 272 g/mol. The summed E-state index contributed by atoms with van der Waals surface area (Å²) in [7, 11) is 0. The van der Waals surface area contributed by atoms with Crippen LogP contribution in [-0.4, -0.2) is 27.9 Å². The molecule has 0 unspecified atom stereocenters. The Kier molecular flexibility index (Phi) is 3.69. The van der Waals surface area contributed by atoms with Gasteiger partial charge in [-0.2, -0.15) is 0 Å². The van der Waals surface area contributed by atoms with Gasteiger partial charge in [0.2, 0.25) is 5.91 Å². The highest BCUT2D eigenvalue weighted by atomic mass is 16.2. The van der Waals surface area contributed by atoms with Gasteiger partial charge in [-0.25, -0.2) is 4.98 Å². The van der Waals surface area contributed by atoms with Crippen LogP contribution in [0.2, 0.25) is 0 Å². The van der Waals surface area contributed by atoms with Crippen LogP contribution in [0.3, 0.4) is 0 Å². The number of rotatable bonds is 3. The van der Waals surface area contributed by atoms with Crippen LogP contribution < -0.4 is 10.6 Å². The molecule has 2 N–H and O–H groups in total. The van der Waals surface area contributed by atoms with Crippen molar-refractivity contribution in [3.63, 3.8) is 0 Å². The number of imidazole rings is 1. The number of piperidine rings is 1. The van der Waals surface area contributed by atoms with Crippen molar-refractivity contribution >= 4 is 11.6 Å². The van der Waals surface area contributed by atoms with E-state index in [1.165, 1.54) is 0 Å². The molecule has 20 heavy (non-hydrogen) atoms. The Hall–Kier alpha value is -1.88. The molecule has 1 amide bonds. The molecule has 1 aliphatic heterocycles. The van der Waals surface area contributed by atoms with Crippen molar-refractivity contribution in [3.8, 4) is 0 Å². The van der Waals surface area contributed by atoms with Crippen molar-refractivity contribution in [2.24, 2.45) is 0 Å². The fourth-order valence-corrected chi connectivity index (χ4v) is 2.67. The number of aromatic nitrogens is 2. The van der Waals surface area contributed by atoms with E-state index in [0.717, 1.165) is 42.7 Å². The second-order valence-corrected chi connectivity index (χ2v) is 5.37. The Morgan fingerprint density at radius 3 is 3.20 bits per heavy atom. The SMILES string of the molecule is Cc1cccn2cc(CNC(=O)[C@H]3CCCCN3)nc12. The molecule has 2 aromatic heterocycles. The van der Waals surface area contributed by atoms with E-state index in [1.807, 2.05) is 35.9 Å². The van der Waals surface area contributed by atoms with Gasteiger partial charge in [0.1, 0.15) is 5.65 Å². The molecule has 3 heterocycles. The van der Waals surface area contributed by atoms with Crippen LogP contribution in [0.15, 0.2) is 24.5 Å². The molecule has 0 spiro atoms. The van der Waals surface area contributed by atoms with Gasteiger partial charge in [-0.05, 0) is 37.9 Å². The minimum absolute atomic E-state index is 0.0393. The summed E-state index contributed by atoms with van der Waals surface area (Å²) in [4.78, 5) is 16.6. The van der Waals surface area contributed by atoms with Crippen LogP contribution in [0, 0.1) is 6.92 Å². The minimum atomic E-state index is -0.0393. The third-order valence-electron chi connectivity index (χ3n) is 3.80. The molecule has 3 rings (SSSR count). The van der Waals surface area contributed by atoms with Crippen LogP contribution >= 0.6 is 0 Å². The van der Waals surface area contributed by atoms with Crippen LogP contribution in [0.4, 0.5) is 0 Å². The second kappa shape index (κ2) is 5.63. The van der Waals surface area contributed by atoms with Gasteiger partial charge in [0, 0.05) is 12.4 Å². The summed E-state index contributed by atoms with van der Waals surface area (Å²) in [6, 6.07) is 4.00. The summed E-state index contributed by atoms with van der Waals surface area (Å²) in [6.07, 6.45) is 7.16. The average Bonchev–Trinajstić information content (AvgIpc) is 2.90. The molecular weight excluding hydrogens is 252 g/mol. The fourth-order valence-electron chi connectivity index (χ4n) is 2.67. The van der Waals surface area contributed by atoms with Gasteiger partial charge in [-0.15, -0.1) is 0 Å². The first kappa shape index (κ1) is 13.1. The maximum atomic E-state index is 12.0. The molecule has 0 aromatic carbocycles. The standard InChI is InChI=1S/C15H20N4O/c1-11-5-4-8-19-10-12(18-14(11)19)9-17-15(20)13-6-2-3-7-16-13/h4-5,8,10,13,16H,2-3,6-7,9H2,1H3,(H,17,20)/t13-/m1/s1. The lowest BCUT2D eigenvalue weighted by molar-refractivity contribution is -0.123. The highest BCUT2D eigenvalue weighted by Gasteiger charge is 2.20. The number of hydrogen-bond donors (Lipinski definition) is 2. The highest BCUT2D eigenvalue weighted by Crippen LogP contribution is 2.10. The molecule has 5 heteroatoms. The van der Waals surface area contributed by atoms with Crippen molar-refractivity contribution < 1.29 is 4.79 Å².